The van der Waals surface area contributed by atoms with E-state index >= 15 is 0 Å². The van der Waals surface area contributed by atoms with Crippen molar-refractivity contribution in [1.82, 2.24) is 0 Å². The number of hydrogen-bond donors (Lipinski definition) is 1. The molecule has 0 unspecified atom stereocenters. The summed E-state index contributed by atoms with van der Waals surface area (Å²) in [4.78, 5) is 0. The predicted molar refractivity (Wildman–Crippen MR) is 93.6 cm³/mol. The molecule has 0 aliphatic carbocycles. The maximum atomic E-state index is 12.1. The summed E-state index contributed by atoms with van der Waals surface area (Å²) in [5.74, 6) is 0.554. The summed E-state index contributed by atoms with van der Waals surface area (Å²) in [5.41, 5.74) is 6.73. The van der Waals surface area contributed by atoms with Crippen LogP contribution in [0.3, 0.4) is 0 Å². The molecule has 1 aromatic heterocycles. The molecule has 0 atom stereocenters. The first-order chi connectivity index (χ1) is 9.88. The molecule has 4 nitrogen and oxygen atoms in total. The van der Waals surface area contributed by atoms with Gasteiger partial charge in [0, 0.05) is 5.75 Å². The van der Waals surface area contributed by atoms with E-state index < -0.39 is 10.0 Å². The van der Waals surface area contributed by atoms with E-state index in [0.717, 1.165) is 16.9 Å². The van der Waals surface area contributed by atoms with Crippen LogP contribution in [0.15, 0.2) is 49.5 Å². The molecule has 1 heterocycles. The first-order valence-electron chi connectivity index (χ1n) is 5.60. The van der Waals surface area contributed by atoms with Crippen molar-refractivity contribution < 1.29 is 8.42 Å². The second-order valence-electron chi connectivity index (χ2n) is 3.86. The van der Waals surface area contributed by atoms with Crippen LogP contribution in [-0.4, -0.2) is 13.6 Å². The second kappa shape index (κ2) is 7.15. The molecule has 0 radical (unpaired) electrons. The van der Waals surface area contributed by atoms with Crippen molar-refractivity contribution in [3.05, 3.63) is 50.8 Å². The fourth-order valence-corrected chi connectivity index (χ4v) is 6.22. The number of thiophene rings is 1. The van der Waals surface area contributed by atoms with Crippen molar-refractivity contribution in [3.8, 4) is 0 Å². The molecular weight excluding hydrogens is 416 g/mol. The number of rotatable bonds is 4. The minimum atomic E-state index is -3.84. The van der Waals surface area contributed by atoms with Gasteiger partial charge in [0.2, 0.25) is 0 Å². The van der Waals surface area contributed by atoms with Crippen LogP contribution < -0.4 is 5.73 Å². The Morgan fingerprint density at radius 1 is 1.38 bits per heavy atom. The van der Waals surface area contributed by atoms with Gasteiger partial charge in [-0.15, -0.1) is 15.7 Å². The highest BCUT2D eigenvalue weighted by Gasteiger charge is 2.21. The molecule has 9 heteroatoms. The Hall–Kier alpha value is -0.540. The average molecular weight is 426 g/mol. The van der Waals surface area contributed by atoms with Gasteiger partial charge < -0.3 is 5.73 Å². The molecule has 2 aromatic rings. The Bertz CT molecular complexity index is 760. The van der Waals surface area contributed by atoms with Crippen LogP contribution in [0, 0.1) is 0 Å². The highest BCUT2D eigenvalue weighted by Crippen LogP contribution is 2.35. The van der Waals surface area contributed by atoms with E-state index in [1.54, 1.807) is 0 Å². The number of nitrogens with two attached hydrogens (primary N) is 1. The standard InChI is InChI=1S/C12H10BrClN2O2S3/c13-9-6-10(14)20-11(9)21(17,18)16-12(15)19-7-8-4-2-1-3-5-8/h1-6H,7H2,(H2,15,16). The second-order valence-corrected chi connectivity index (χ2v) is 9.20. The Morgan fingerprint density at radius 3 is 2.62 bits per heavy atom. The Labute approximate surface area is 144 Å². The van der Waals surface area contributed by atoms with E-state index in [-0.39, 0.29) is 9.38 Å². The lowest BCUT2D eigenvalue weighted by atomic mass is 10.2. The van der Waals surface area contributed by atoms with Crippen LogP contribution in [0.25, 0.3) is 0 Å². The van der Waals surface area contributed by atoms with Crippen molar-refractivity contribution in [2.24, 2.45) is 10.1 Å². The molecular formula is C12H10BrClN2O2S3. The normalized spacial score (nSPS) is 12.6. The number of hydrogen-bond acceptors (Lipinski definition) is 4. The quantitative estimate of drug-likeness (QED) is 0.591. The molecule has 0 aliphatic rings. The summed E-state index contributed by atoms with van der Waals surface area (Å²) >= 11 is 11.0. The largest absolute Gasteiger partial charge is 0.378 e. The molecule has 112 valence electrons. The maximum Gasteiger partial charge on any atom is 0.295 e. The first kappa shape index (κ1) is 16.8. The van der Waals surface area contributed by atoms with Crippen molar-refractivity contribution in [2.45, 2.75) is 9.96 Å². The van der Waals surface area contributed by atoms with Crippen LogP contribution in [0.5, 0.6) is 0 Å². The van der Waals surface area contributed by atoms with Crippen LogP contribution in [0.4, 0.5) is 0 Å². The molecule has 0 saturated carbocycles. The fourth-order valence-electron chi connectivity index (χ4n) is 1.42. The van der Waals surface area contributed by atoms with Crippen molar-refractivity contribution >= 4 is 65.8 Å². The van der Waals surface area contributed by atoms with Crippen molar-refractivity contribution in [1.29, 1.82) is 0 Å². The summed E-state index contributed by atoms with van der Waals surface area (Å²) in [7, 11) is -3.84. The van der Waals surface area contributed by atoms with Gasteiger partial charge in [-0.05, 0) is 27.6 Å². The molecule has 0 fully saturated rings. The third-order valence-corrected chi connectivity index (χ3v) is 7.50. The summed E-state index contributed by atoms with van der Waals surface area (Å²) in [6.45, 7) is 0. The van der Waals surface area contributed by atoms with Gasteiger partial charge in [0.25, 0.3) is 10.0 Å². The topological polar surface area (TPSA) is 72.5 Å². The predicted octanol–water partition coefficient (Wildman–Crippen LogP) is 4.10. The minimum Gasteiger partial charge on any atom is -0.378 e. The number of thioether (sulfide) groups is 1. The zero-order valence-corrected chi connectivity index (χ0v) is 15.3. The van der Waals surface area contributed by atoms with Gasteiger partial charge in [-0.1, -0.05) is 53.7 Å². The lowest BCUT2D eigenvalue weighted by Gasteiger charge is -2.01. The monoisotopic (exact) mass is 424 g/mol. The average Bonchev–Trinajstić information content (AvgIpc) is 2.77. The molecule has 0 amide bonds. The van der Waals surface area contributed by atoms with Gasteiger partial charge >= 0.3 is 0 Å². The van der Waals surface area contributed by atoms with Crippen LogP contribution in [0.1, 0.15) is 5.56 Å². The van der Waals surface area contributed by atoms with Crippen LogP contribution in [0.2, 0.25) is 4.34 Å². The van der Waals surface area contributed by atoms with E-state index in [2.05, 4.69) is 20.3 Å². The summed E-state index contributed by atoms with van der Waals surface area (Å²) < 4.78 is 28.7. The van der Waals surface area contributed by atoms with Gasteiger partial charge in [0.05, 0.1) is 8.81 Å². The highest BCUT2D eigenvalue weighted by atomic mass is 79.9. The van der Waals surface area contributed by atoms with Crippen LogP contribution in [-0.2, 0) is 15.8 Å². The van der Waals surface area contributed by atoms with E-state index in [4.69, 9.17) is 17.3 Å². The lowest BCUT2D eigenvalue weighted by Crippen LogP contribution is -2.10. The lowest BCUT2D eigenvalue weighted by molar-refractivity contribution is 0.599. The van der Waals surface area contributed by atoms with Gasteiger partial charge in [-0.2, -0.15) is 8.42 Å². The molecule has 0 bridgehead atoms. The minimum absolute atomic E-state index is 0.00437. The third kappa shape index (κ3) is 4.72. The molecule has 2 N–H and O–H groups in total. The SMILES string of the molecule is NC(=NS(=O)(=O)c1sc(Cl)cc1Br)SCc1ccccc1. The van der Waals surface area contributed by atoms with E-state index in [1.165, 1.54) is 17.8 Å². The molecule has 2 rings (SSSR count). The number of benzene rings is 1. The fraction of sp³-hybridized carbons (Fsp3) is 0.0833. The van der Waals surface area contributed by atoms with Gasteiger partial charge in [0.15, 0.2) is 9.38 Å². The van der Waals surface area contributed by atoms with E-state index in [1.807, 2.05) is 30.3 Å². The van der Waals surface area contributed by atoms with Gasteiger partial charge in [-0.25, -0.2) is 0 Å². The molecule has 0 spiro atoms. The number of nitrogens with zero attached hydrogens (tertiary/aromatic N) is 1. The maximum absolute atomic E-state index is 12.1. The van der Waals surface area contributed by atoms with Gasteiger partial charge in [-0.3, -0.25) is 0 Å². The molecule has 21 heavy (non-hydrogen) atoms. The number of sulfonamides is 1. The summed E-state index contributed by atoms with van der Waals surface area (Å²) in [5, 5.41) is -0.00437. The summed E-state index contributed by atoms with van der Waals surface area (Å²) in [6.07, 6.45) is 0. The number of halogens is 2. The van der Waals surface area contributed by atoms with Gasteiger partial charge in [0.1, 0.15) is 0 Å². The molecule has 0 saturated heterocycles. The zero-order chi connectivity index (χ0) is 15.5. The summed E-state index contributed by atoms with van der Waals surface area (Å²) in [6, 6.07) is 11.1. The zero-order valence-electron chi connectivity index (χ0n) is 10.5. The van der Waals surface area contributed by atoms with Crippen molar-refractivity contribution in [3.63, 3.8) is 0 Å². The Kier molecular flexibility index (Phi) is 5.73. The first-order valence-corrected chi connectivity index (χ1v) is 10.0. The Balaban J connectivity index is 2.12. The molecule has 1 aromatic carbocycles. The van der Waals surface area contributed by atoms with E-state index in [9.17, 15) is 8.42 Å². The van der Waals surface area contributed by atoms with Crippen LogP contribution >= 0.6 is 50.6 Å². The number of amidine groups is 1. The Morgan fingerprint density at radius 2 is 2.05 bits per heavy atom. The molecule has 0 aliphatic heterocycles. The van der Waals surface area contributed by atoms with Crippen molar-refractivity contribution in [2.75, 3.05) is 0 Å². The third-order valence-electron chi connectivity index (χ3n) is 2.30. The van der Waals surface area contributed by atoms with E-state index in [0.29, 0.717) is 14.6 Å². The highest BCUT2D eigenvalue weighted by molar-refractivity contribution is 9.10. The smallest absolute Gasteiger partial charge is 0.295 e.